The molecule has 0 spiro atoms. The minimum Gasteiger partial charge on any atom is -0.360 e. The maximum absolute atomic E-state index is 5.49. The van der Waals surface area contributed by atoms with Crippen LogP contribution in [0, 0.1) is 6.92 Å². The molecule has 0 amide bonds. The van der Waals surface area contributed by atoms with Gasteiger partial charge in [0.25, 0.3) is 0 Å². The van der Waals surface area contributed by atoms with Crippen LogP contribution in [0.25, 0.3) is 22.6 Å². The van der Waals surface area contributed by atoms with Gasteiger partial charge >= 0.3 is 0 Å². The normalized spacial score (nSPS) is 15.9. The van der Waals surface area contributed by atoms with Gasteiger partial charge in [-0.05, 0) is 19.8 Å². The minimum atomic E-state index is 0.430. The largest absolute Gasteiger partial charge is 0.360 e. The zero-order valence-electron chi connectivity index (χ0n) is 13.3. The monoisotopic (exact) mass is 308 g/mol. The van der Waals surface area contributed by atoms with Crippen molar-refractivity contribution in [1.82, 2.24) is 19.9 Å². The molecule has 5 nitrogen and oxygen atoms in total. The first-order valence-electron chi connectivity index (χ1n) is 8.26. The molecule has 2 heterocycles. The predicted octanol–water partition coefficient (Wildman–Crippen LogP) is 4.41. The Labute approximate surface area is 135 Å². The van der Waals surface area contributed by atoms with Gasteiger partial charge in [0.15, 0.2) is 5.82 Å². The smallest absolute Gasteiger partial charge is 0.164 e. The first-order chi connectivity index (χ1) is 11.3. The third kappa shape index (κ3) is 2.56. The molecule has 0 saturated heterocycles. The van der Waals surface area contributed by atoms with Crippen molar-refractivity contribution in [3.05, 3.63) is 42.4 Å². The summed E-state index contributed by atoms with van der Waals surface area (Å²) in [6, 6.07) is 10.5. The van der Waals surface area contributed by atoms with E-state index in [9.17, 15) is 0 Å². The van der Waals surface area contributed by atoms with Crippen LogP contribution in [0.3, 0.4) is 0 Å². The highest BCUT2D eigenvalue weighted by Gasteiger charge is 2.25. The fraction of sp³-hybridized carbons (Fsp3) is 0.389. The van der Waals surface area contributed by atoms with Crippen LogP contribution >= 0.6 is 0 Å². The standard InChI is InChI=1S/C18H20N4O/c1-13-16(17(21-23-13)14-8-4-2-5-9-14)18-19-12-20-22(18)15-10-6-3-7-11-15/h2,4-5,8-9,12,15H,3,6-7,10-11H2,1H3. The van der Waals surface area contributed by atoms with Gasteiger partial charge in [0.05, 0.1) is 11.6 Å². The van der Waals surface area contributed by atoms with Crippen LogP contribution < -0.4 is 0 Å². The summed E-state index contributed by atoms with van der Waals surface area (Å²) in [5.74, 6) is 1.66. The van der Waals surface area contributed by atoms with Crippen molar-refractivity contribution < 1.29 is 4.52 Å². The number of benzene rings is 1. The first-order valence-corrected chi connectivity index (χ1v) is 8.26. The summed E-state index contributed by atoms with van der Waals surface area (Å²) < 4.78 is 7.56. The summed E-state index contributed by atoms with van der Waals surface area (Å²) in [6.45, 7) is 1.94. The van der Waals surface area contributed by atoms with E-state index in [0.29, 0.717) is 6.04 Å². The van der Waals surface area contributed by atoms with Crippen LogP contribution in [-0.2, 0) is 0 Å². The summed E-state index contributed by atoms with van der Waals surface area (Å²) in [6.07, 6.45) is 7.83. The fourth-order valence-corrected chi connectivity index (χ4v) is 3.45. The number of hydrogen-bond donors (Lipinski definition) is 0. The summed E-state index contributed by atoms with van der Waals surface area (Å²) in [4.78, 5) is 4.53. The quantitative estimate of drug-likeness (QED) is 0.719. The average Bonchev–Trinajstić information content (AvgIpc) is 3.22. The predicted molar refractivity (Wildman–Crippen MR) is 87.8 cm³/mol. The second-order valence-corrected chi connectivity index (χ2v) is 6.15. The van der Waals surface area contributed by atoms with Crippen molar-refractivity contribution in [3.63, 3.8) is 0 Å². The van der Waals surface area contributed by atoms with Gasteiger partial charge in [0, 0.05) is 5.56 Å². The van der Waals surface area contributed by atoms with Crippen LogP contribution in [0.2, 0.25) is 0 Å². The maximum Gasteiger partial charge on any atom is 0.164 e. The number of aromatic nitrogens is 4. The number of rotatable bonds is 3. The van der Waals surface area contributed by atoms with Crippen LogP contribution in [-0.4, -0.2) is 19.9 Å². The third-order valence-electron chi connectivity index (χ3n) is 4.63. The molecule has 5 heteroatoms. The van der Waals surface area contributed by atoms with Crippen molar-refractivity contribution in [3.8, 4) is 22.6 Å². The molecule has 0 bridgehead atoms. The lowest BCUT2D eigenvalue weighted by atomic mass is 9.95. The Morgan fingerprint density at radius 3 is 2.65 bits per heavy atom. The molecule has 1 aromatic carbocycles. The lowest BCUT2D eigenvalue weighted by molar-refractivity contribution is 0.331. The maximum atomic E-state index is 5.49. The average molecular weight is 308 g/mol. The summed E-state index contributed by atoms with van der Waals surface area (Å²) >= 11 is 0. The topological polar surface area (TPSA) is 56.7 Å². The van der Waals surface area contributed by atoms with Gasteiger partial charge in [-0.15, -0.1) is 0 Å². The number of hydrogen-bond acceptors (Lipinski definition) is 4. The van der Waals surface area contributed by atoms with Gasteiger partial charge in [-0.3, -0.25) is 0 Å². The van der Waals surface area contributed by atoms with E-state index < -0.39 is 0 Å². The minimum absolute atomic E-state index is 0.430. The van der Waals surface area contributed by atoms with Gasteiger partial charge in [-0.25, -0.2) is 9.67 Å². The lowest BCUT2D eigenvalue weighted by Gasteiger charge is -2.23. The molecule has 1 aliphatic rings. The molecule has 4 rings (SSSR count). The van der Waals surface area contributed by atoms with Crippen molar-refractivity contribution in [2.24, 2.45) is 0 Å². The Kier molecular flexibility index (Phi) is 3.69. The van der Waals surface area contributed by atoms with Crippen LogP contribution in [0.1, 0.15) is 43.9 Å². The Balaban J connectivity index is 1.80. The van der Waals surface area contributed by atoms with Crippen molar-refractivity contribution in [1.29, 1.82) is 0 Å². The molecule has 1 saturated carbocycles. The van der Waals surface area contributed by atoms with E-state index >= 15 is 0 Å². The van der Waals surface area contributed by atoms with Crippen LogP contribution in [0.15, 0.2) is 41.2 Å². The molecule has 0 unspecified atom stereocenters. The summed E-state index contributed by atoms with van der Waals surface area (Å²) in [5.41, 5.74) is 2.84. The first kappa shape index (κ1) is 14.2. The zero-order chi connectivity index (χ0) is 15.6. The Hall–Kier alpha value is -2.43. The lowest BCUT2D eigenvalue weighted by Crippen LogP contribution is -2.15. The van der Waals surface area contributed by atoms with E-state index in [1.54, 1.807) is 6.33 Å². The second kappa shape index (κ2) is 5.99. The van der Waals surface area contributed by atoms with E-state index in [1.165, 1.54) is 32.1 Å². The highest BCUT2D eigenvalue weighted by molar-refractivity contribution is 5.78. The highest BCUT2D eigenvalue weighted by atomic mass is 16.5. The molecule has 0 radical (unpaired) electrons. The van der Waals surface area contributed by atoms with Crippen molar-refractivity contribution in [2.75, 3.05) is 0 Å². The summed E-state index contributed by atoms with van der Waals surface area (Å²) in [5, 5.41) is 8.78. The number of aryl methyl sites for hydroxylation is 1. The molecule has 118 valence electrons. The van der Waals surface area contributed by atoms with Crippen LogP contribution in [0.5, 0.6) is 0 Å². The van der Waals surface area contributed by atoms with Crippen molar-refractivity contribution >= 4 is 0 Å². The van der Waals surface area contributed by atoms with E-state index in [2.05, 4.69) is 19.9 Å². The van der Waals surface area contributed by atoms with Gasteiger partial charge in [-0.1, -0.05) is 54.8 Å². The molecular formula is C18H20N4O. The molecule has 0 atom stereocenters. The highest BCUT2D eigenvalue weighted by Crippen LogP contribution is 2.36. The van der Waals surface area contributed by atoms with Crippen LogP contribution in [0.4, 0.5) is 0 Å². The molecule has 0 aliphatic heterocycles. The molecule has 2 aromatic heterocycles. The molecule has 3 aromatic rings. The molecular weight excluding hydrogens is 288 g/mol. The molecule has 1 fully saturated rings. The Morgan fingerprint density at radius 1 is 1.09 bits per heavy atom. The second-order valence-electron chi connectivity index (χ2n) is 6.15. The Morgan fingerprint density at radius 2 is 1.87 bits per heavy atom. The van der Waals surface area contributed by atoms with Gasteiger partial charge in [-0.2, -0.15) is 5.10 Å². The zero-order valence-corrected chi connectivity index (χ0v) is 13.3. The third-order valence-corrected chi connectivity index (χ3v) is 4.63. The van der Waals surface area contributed by atoms with E-state index in [4.69, 9.17) is 4.52 Å². The number of nitrogens with zero attached hydrogens (tertiary/aromatic N) is 4. The van der Waals surface area contributed by atoms with Gasteiger partial charge < -0.3 is 4.52 Å². The van der Waals surface area contributed by atoms with E-state index in [0.717, 1.165) is 28.4 Å². The SMILES string of the molecule is Cc1onc(-c2ccccc2)c1-c1ncnn1C1CCCCC1. The van der Waals surface area contributed by atoms with E-state index in [-0.39, 0.29) is 0 Å². The summed E-state index contributed by atoms with van der Waals surface area (Å²) in [7, 11) is 0. The van der Waals surface area contributed by atoms with Gasteiger partial charge in [0.1, 0.15) is 17.8 Å². The molecule has 23 heavy (non-hydrogen) atoms. The van der Waals surface area contributed by atoms with Gasteiger partial charge in [0.2, 0.25) is 0 Å². The van der Waals surface area contributed by atoms with Crippen molar-refractivity contribution in [2.45, 2.75) is 45.1 Å². The Bertz CT molecular complexity index is 784. The fourth-order valence-electron chi connectivity index (χ4n) is 3.45. The molecule has 0 N–H and O–H groups in total. The molecule has 1 aliphatic carbocycles. The van der Waals surface area contributed by atoms with E-state index in [1.807, 2.05) is 37.3 Å².